The third-order valence-corrected chi connectivity index (χ3v) is 6.07. The van der Waals surface area contributed by atoms with Gasteiger partial charge in [-0.05, 0) is 56.5 Å². The minimum atomic E-state index is -0.303. The standard InChI is InChI=1S/C17H29N3O2/c18-15(21)10-14(12-4-2-1-3-5-12)20-16(22)13-11-17(13)6-8-19-9-7-17/h12-14,19H,1-11H2,(H2,18,21)(H,20,22). The Morgan fingerprint density at radius 1 is 1.18 bits per heavy atom. The lowest BCUT2D eigenvalue weighted by Gasteiger charge is -2.31. The SMILES string of the molecule is NC(=O)CC(NC(=O)C1CC12CCNCC2)C1CCCCC1. The maximum Gasteiger partial charge on any atom is 0.223 e. The predicted octanol–water partition coefficient (Wildman–Crippen LogP) is 1.32. The van der Waals surface area contributed by atoms with Crippen molar-refractivity contribution < 1.29 is 9.59 Å². The molecule has 2 atom stereocenters. The summed E-state index contributed by atoms with van der Waals surface area (Å²) in [7, 11) is 0. The first-order valence-electron chi connectivity index (χ1n) is 8.90. The molecule has 4 N–H and O–H groups in total. The Morgan fingerprint density at radius 2 is 1.86 bits per heavy atom. The second-order valence-electron chi connectivity index (χ2n) is 7.55. The van der Waals surface area contributed by atoms with Gasteiger partial charge in [0.15, 0.2) is 0 Å². The van der Waals surface area contributed by atoms with E-state index in [2.05, 4.69) is 10.6 Å². The Hall–Kier alpha value is -1.10. The van der Waals surface area contributed by atoms with Gasteiger partial charge in [-0.1, -0.05) is 19.3 Å². The van der Waals surface area contributed by atoms with Crippen molar-refractivity contribution in [2.75, 3.05) is 13.1 Å². The highest BCUT2D eigenvalue weighted by molar-refractivity contribution is 5.84. The normalized spacial score (nSPS) is 29.0. The van der Waals surface area contributed by atoms with Gasteiger partial charge in [0.2, 0.25) is 11.8 Å². The summed E-state index contributed by atoms with van der Waals surface area (Å²) < 4.78 is 0. The first kappa shape index (κ1) is 15.8. The van der Waals surface area contributed by atoms with Gasteiger partial charge < -0.3 is 16.4 Å². The number of nitrogens with one attached hydrogen (secondary N) is 2. The zero-order valence-corrected chi connectivity index (χ0v) is 13.4. The van der Waals surface area contributed by atoms with Gasteiger partial charge in [0.05, 0.1) is 0 Å². The second kappa shape index (κ2) is 6.57. The summed E-state index contributed by atoms with van der Waals surface area (Å²) in [6.45, 7) is 2.05. The highest BCUT2D eigenvalue weighted by atomic mass is 16.2. The van der Waals surface area contributed by atoms with Gasteiger partial charge in [0.1, 0.15) is 0 Å². The first-order chi connectivity index (χ1) is 10.6. The molecule has 1 saturated heterocycles. The molecule has 1 heterocycles. The van der Waals surface area contributed by atoms with Crippen LogP contribution in [0.3, 0.4) is 0 Å². The minimum absolute atomic E-state index is 0.0512. The van der Waals surface area contributed by atoms with E-state index < -0.39 is 0 Å². The molecule has 0 aromatic heterocycles. The number of amides is 2. The quantitative estimate of drug-likeness (QED) is 0.716. The van der Waals surface area contributed by atoms with Crippen LogP contribution < -0.4 is 16.4 Å². The van der Waals surface area contributed by atoms with Gasteiger partial charge in [0.25, 0.3) is 0 Å². The lowest BCUT2D eigenvalue weighted by Crippen LogP contribution is -2.45. The van der Waals surface area contributed by atoms with E-state index >= 15 is 0 Å². The predicted molar refractivity (Wildman–Crippen MR) is 85.0 cm³/mol. The molecule has 0 aromatic carbocycles. The van der Waals surface area contributed by atoms with E-state index in [0.717, 1.165) is 45.2 Å². The van der Waals surface area contributed by atoms with E-state index in [-0.39, 0.29) is 35.6 Å². The Balaban J connectivity index is 1.58. The maximum absolute atomic E-state index is 12.6. The molecule has 1 spiro atoms. The Bertz CT molecular complexity index is 426. The number of hydrogen-bond acceptors (Lipinski definition) is 3. The molecule has 0 aromatic rings. The molecular formula is C17H29N3O2. The zero-order chi connectivity index (χ0) is 15.6. The molecule has 2 saturated carbocycles. The zero-order valence-electron chi connectivity index (χ0n) is 13.4. The summed E-state index contributed by atoms with van der Waals surface area (Å²) >= 11 is 0. The lowest BCUT2D eigenvalue weighted by molar-refractivity contribution is -0.125. The van der Waals surface area contributed by atoms with Crippen molar-refractivity contribution in [1.29, 1.82) is 0 Å². The number of hydrogen-bond donors (Lipinski definition) is 3. The largest absolute Gasteiger partial charge is 0.370 e. The topological polar surface area (TPSA) is 84.2 Å². The van der Waals surface area contributed by atoms with Crippen molar-refractivity contribution in [3.63, 3.8) is 0 Å². The fourth-order valence-corrected chi connectivity index (χ4v) is 4.57. The molecule has 0 radical (unpaired) electrons. The number of carbonyl (C=O) groups excluding carboxylic acids is 2. The van der Waals surface area contributed by atoms with Gasteiger partial charge in [-0.2, -0.15) is 0 Å². The van der Waals surface area contributed by atoms with Gasteiger partial charge >= 0.3 is 0 Å². The molecule has 3 fully saturated rings. The van der Waals surface area contributed by atoms with Gasteiger partial charge in [-0.15, -0.1) is 0 Å². The van der Waals surface area contributed by atoms with Crippen molar-refractivity contribution in [3.05, 3.63) is 0 Å². The lowest BCUT2D eigenvalue weighted by atomic mass is 9.82. The van der Waals surface area contributed by atoms with E-state index in [1.807, 2.05) is 0 Å². The number of carbonyl (C=O) groups is 2. The monoisotopic (exact) mass is 307 g/mol. The average molecular weight is 307 g/mol. The van der Waals surface area contributed by atoms with Crippen molar-refractivity contribution in [2.45, 2.75) is 63.8 Å². The van der Waals surface area contributed by atoms with E-state index in [4.69, 9.17) is 5.73 Å². The molecule has 3 aliphatic rings. The molecule has 5 heteroatoms. The summed E-state index contributed by atoms with van der Waals surface area (Å²) in [5, 5.41) is 6.56. The van der Waals surface area contributed by atoms with Gasteiger partial charge in [0, 0.05) is 18.4 Å². The van der Waals surface area contributed by atoms with Crippen molar-refractivity contribution in [2.24, 2.45) is 23.0 Å². The van der Waals surface area contributed by atoms with Crippen LogP contribution in [0.4, 0.5) is 0 Å². The molecule has 1 aliphatic heterocycles. The molecule has 2 aliphatic carbocycles. The van der Waals surface area contributed by atoms with Crippen molar-refractivity contribution in [3.8, 4) is 0 Å². The van der Waals surface area contributed by atoms with Crippen LogP contribution in [0.1, 0.15) is 57.8 Å². The molecule has 5 nitrogen and oxygen atoms in total. The van der Waals surface area contributed by atoms with Crippen molar-refractivity contribution in [1.82, 2.24) is 10.6 Å². The van der Waals surface area contributed by atoms with E-state index in [9.17, 15) is 9.59 Å². The summed E-state index contributed by atoms with van der Waals surface area (Å²) in [5.74, 6) is 0.448. The van der Waals surface area contributed by atoms with Crippen LogP contribution in [-0.4, -0.2) is 30.9 Å². The fourth-order valence-electron chi connectivity index (χ4n) is 4.57. The highest BCUT2D eigenvalue weighted by Gasteiger charge is 2.57. The van der Waals surface area contributed by atoms with Crippen LogP contribution in [0.2, 0.25) is 0 Å². The van der Waals surface area contributed by atoms with Crippen LogP contribution in [0.15, 0.2) is 0 Å². The van der Waals surface area contributed by atoms with E-state index in [1.165, 1.54) is 19.3 Å². The van der Waals surface area contributed by atoms with Crippen LogP contribution in [-0.2, 0) is 9.59 Å². The van der Waals surface area contributed by atoms with Crippen LogP contribution in [0, 0.1) is 17.3 Å². The number of primary amides is 1. The van der Waals surface area contributed by atoms with E-state index in [0.29, 0.717) is 5.92 Å². The summed E-state index contributed by atoms with van der Waals surface area (Å²) in [4.78, 5) is 24.0. The second-order valence-corrected chi connectivity index (χ2v) is 7.55. The fraction of sp³-hybridized carbons (Fsp3) is 0.882. The highest BCUT2D eigenvalue weighted by Crippen LogP contribution is 2.58. The molecule has 3 rings (SSSR count). The summed E-state index contributed by atoms with van der Waals surface area (Å²) in [6, 6.07) is -0.0512. The minimum Gasteiger partial charge on any atom is -0.370 e. The van der Waals surface area contributed by atoms with Gasteiger partial charge in [-0.25, -0.2) is 0 Å². The summed E-state index contributed by atoms with van der Waals surface area (Å²) in [5.41, 5.74) is 5.65. The first-order valence-corrected chi connectivity index (χ1v) is 8.90. The molecule has 2 amide bonds. The maximum atomic E-state index is 12.6. The van der Waals surface area contributed by atoms with Gasteiger partial charge in [-0.3, -0.25) is 9.59 Å². The molecule has 2 unspecified atom stereocenters. The molecule has 22 heavy (non-hydrogen) atoms. The number of rotatable bonds is 5. The van der Waals surface area contributed by atoms with Crippen LogP contribution >= 0.6 is 0 Å². The molecule has 0 bridgehead atoms. The smallest absolute Gasteiger partial charge is 0.223 e. The molecule has 124 valence electrons. The van der Waals surface area contributed by atoms with Crippen LogP contribution in [0.25, 0.3) is 0 Å². The Kier molecular flexibility index (Phi) is 4.71. The van der Waals surface area contributed by atoms with Crippen LogP contribution in [0.5, 0.6) is 0 Å². The summed E-state index contributed by atoms with van der Waals surface area (Å²) in [6.07, 6.45) is 9.42. The van der Waals surface area contributed by atoms with Crippen molar-refractivity contribution >= 4 is 11.8 Å². The molecular weight excluding hydrogens is 278 g/mol. The number of piperidine rings is 1. The number of nitrogens with two attached hydrogens (primary N) is 1. The Labute approximate surface area is 132 Å². The average Bonchev–Trinajstić information content (AvgIpc) is 3.21. The van der Waals surface area contributed by atoms with E-state index in [1.54, 1.807) is 0 Å². The third kappa shape index (κ3) is 3.45. The Morgan fingerprint density at radius 3 is 2.50 bits per heavy atom. The third-order valence-electron chi connectivity index (χ3n) is 6.07.